The van der Waals surface area contributed by atoms with Gasteiger partial charge in [0.15, 0.2) is 0 Å². The number of nitrogens with one attached hydrogen (secondary N) is 2. The molecule has 1 atom stereocenters. The van der Waals surface area contributed by atoms with Crippen molar-refractivity contribution in [1.29, 1.82) is 0 Å². The predicted molar refractivity (Wildman–Crippen MR) is 107 cm³/mol. The number of nitrogens with zero attached hydrogens (tertiary/aromatic N) is 1. The van der Waals surface area contributed by atoms with Gasteiger partial charge in [-0.1, -0.05) is 29.8 Å². The molecule has 2 aromatic carbocycles. The molecule has 2 amide bonds. The normalized spacial score (nSPS) is 11.5. The topological polar surface area (TPSA) is 101 Å². The van der Waals surface area contributed by atoms with Crippen LogP contribution in [0.1, 0.15) is 16.8 Å². The Morgan fingerprint density at radius 2 is 1.93 bits per heavy atom. The second-order valence-electron chi connectivity index (χ2n) is 5.59. The molecule has 0 aliphatic heterocycles. The summed E-state index contributed by atoms with van der Waals surface area (Å²) in [7, 11) is 0. The van der Waals surface area contributed by atoms with Gasteiger partial charge in [-0.15, -0.1) is 0 Å². The number of nitro groups is 1. The van der Waals surface area contributed by atoms with Crippen molar-refractivity contribution in [2.45, 2.75) is 12.5 Å². The SMILES string of the molecule is CSCC[C@H](NC(=O)c1ccc(Cl)c([N+](=O)[O-])c1)C(=O)Nc1ccccc1. The number of halogens is 1. The number of hydrogen-bond acceptors (Lipinski definition) is 5. The van der Waals surface area contributed by atoms with E-state index >= 15 is 0 Å². The molecule has 2 N–H and O–H groups in total. The highest BCUT2D eigenvalue weighted by Gasteiger charge is 2.23. The summed E-state index contributed by atoms with van der Waals surface area (Å²) in [6.45, 7) is 0. The molecule has 0 saturated carbocycles. The first-order chi connectivity index (χ1) is 12.9. The summed E-state index contributed by atoms with van der Waals surface area (Å²) in [4.78, 5) is 35.4. The van der Waals surface area contributed by atoms with Crippen molar-refractivity contribution >= 4 is 46.6 Å². The van der Waals surface area contributed by atoms with Crippen molar-refractivity contribution in [2.75, 3.05) is 17.3 Å². The zero-order valence-corrected chi connectivity index (χ0v) is 16.0. The molecule has 0 aliphatic rings. The summed E-state index contributed by atoms with van der Waals surface area (Å²) in [5.41, 5.74) is 0.319. The molecule has 0 aromatic heterocycles. The molecule has 9 heteroatoms. The standard InChI is InChI=1S/C18H18ClN3O4S/c1-27-10-9-15(18(24)20-13-5-3-2-4-6-13)21-17(23)12-7-8-14(19)16(11-12)22(25)26/h2-8,11,15H,9-10H2,1H3,(H,20,24)(H,21,23)/t15-/m0/s1. The van der Waals surface area contributed by atoms with E-state index in [4.69, 9.17) is 11.6 Å². The van der Waals surface area contributed by atoms with E-state index in [9.17, 15) is 19.7 Å². The number of benzene rings is 2. The van der Waals surface area contributed by atoms with Crippen LogP contribution in [0.25, 0.3) is 0 Å². The lowest BCUT2D eigenvalue weighted by atomic mass is 10.1. The Kier molecular flexibility index (Phi) is 7.63. The summed E-state index contributed by atoms with van der Waals surface area (Å²) >= 11 is 7.32. The monoisotopic (exact) mass is 407 g/mol. The van der Waals surface area contributed by atoms with Crippen molar-refractivity contribution < 1.29 is 14.5 Å². The lowest BCUT2D eigenvalue weighted by Gasteiger charge is -2.18. The lowest BCUT2D eigenvalue weighted by Crippen LogP contribution is -2.44. The summed E-state index contributed by atoms with van der Waals surface area (Å²) in [6, 6.07) is 11.9. The van der Waals surface area contributed by atoms with Crippen molar-refractivity contribution in [1.82, 2.24) is 5.32 Å². The first-order valence-electron chi connectivity index (χ1n) is 8.02. The van der Waals surface area contributed by atoms with Crippen LogP contribution in [0.15, 0.2) is 48.5 Å². The Morgan fingerprint density at radius 1 is 1.22 bits per heavy atom. The first-order valence-corrected chi connectivity index (χ1v) is 9.79. The Morgan fingerprint density at radius 3 is 2.56 bits per heavy atom. The largest absolute Gasteiger partial charge is 0.340 e. The van der Waals surface area contributed by atoms with Crippen LogP contribution in [-0.4, -0.2) is 34.8 Å². The average Bonchev–Trinajstić information content (AvgIpc) is 2.65. The number of amides is 2. The molecule has 0 aliphatic carbocycles. The molecule has 2 aromatic rings. The highest BCUT2D eigenvalue weighted by Crippen LogP contribution is 2.25. The van der Waals surface area contributed by atoms with Gasteiger partial charge in [0.2, 0.25) is 5.91 Å². The Labute approximate surface area is 165 Å². The van der Waals surface area contributed by atoms with E-state index in [2.05, 4.69) is 10.6 Å². The van der Waals surface area contributed by atoms with Crippen LogP contribution < -0.4 is 10.6 Å². The van der Waals surface area contributed by atoms with E-state index in [0.29, 0.717) is 17.9 Å². The highest BCUT2D eigenvalue weighted by molar-refractivity contribution is 7.98. The quantitative estimate of drug-likeness (QED) is 0.512. The van der Waals surface area contributed by atoms with Gasteiger partial charge in [0, 0.05) is 17.3 Å². The average molecular weight is 408 g/mol. The van der Waals surface area contributed by atoms with Gasteiger partial charge in [-0.2, -0.15) is 11.8 Å². The molecule has 27 heavy (non-hydrogen) atoms. The molecule has 0 saturated heterocycles. The molecular weight excluding hydrogens is 390 g/mol. The zero-order chi connectivity index (χ0) is 19.8. The molecule has 2 rings (SSSR count). The Hall–Kier alpha value is -2.58. The van der Waals surface area contributed by atoms with Crippen molar-refractivity contribution in [3.63, 3.8) is 0 Å². The minimum Gasteiger partial charge on any atom is -0.340 e. The maximum atomic E-state index is 12.6. The maximum Gasteiger partial charge on any atom is 0.288 e. The third kappa shape index (κ3) is 5.97. The molecule has 142 valence electrons. The predicted octanol–water partition coefficient (Wildman–Crippen LogP) is 3.74. The number of thioether (sulfide) groups is 1. The summed E-state index contributed by atoms with van der Waals surface area (Å²) in [5.74, 6) is -0.273. The fourth-order valence-corrected chi connectivity index (χ4v) is 2.95. The molecule has 0 spiro atoms. The van der Waals surface area contributed by atoms with Gasteiger partial charge < -0.3 is 10.6 Å². The Bertz CT molecular complexity index is 833. The molecule has 0 fully saturated rings. The smallest absolute Gasteiger partial charge is 0.288 e. The van der Waals surface area contributed by atoms with Crippen LogP contribution in [0.5, 0.6) is 0 Å². The van der Waals surface area contributed by atoms with E-state index in [1.165, 1.54) is 12.1 Å². The van der Waals surface area contributed by atoms with Gasteiger partial charge in [-0.3, -0.25) is 19.7 Å². The van der Waals surface area contributed by atoms with E-state index in [1.54, 1.807) is 36.0 Å². The fraction of sp³-hybridized carbons (Fsp3) is 0.222. The molecule has 7 nitrogen and oxygen atoms in total. The molecule has 0 heterocycles. The van der Waals surface area contributed by atoms with Gasteiger partial charge in [0.05, 0.1) is 4.92 Å². The first kappa shape index (κ1) is 20.7. The van der Waals surface area contributed by atoms with E-state index in [-0.39, 0.29) is 22.2 Å². The summed E-state index contributed by atoms with van der Waals surface area (Å²) in [6.07, 6.45) is 2.32. The number of hydrogen-bond donors (Lipinski definition) is 2. The number of anilines is 1. The van der Waals surface area contributed by atoms with Gasteiger partial charge in [-0.05, 0) is 42.7 Å². The number of para-hydroxylation sites is 1. The minimum atomic E-state index is -0.778. The maximum absolute atomic E-state index is 12.6. The fourth-order valence-electron chi connectivity index (χ4n) is 2.29. The number of carbonyl (C=O) groups excluding carboxylic acids is 2. The van der Waals surface area contributed by atoms with E-state index in [0.717, 1.165) is 6.07 Å². The minimum absolute atomic E-state index is 0.0581. The van der Waals surface area contributed by atoms with E-state index < -0.39 is 16.9 Å². The number of carbonyl (C=O) groups is 2. The number of nitro benzene ring substituents is 1. The lowest BCUT2D eigenvalue weighted by molar-refractivity contribution is -0.384. The van der Waals surface area contributed by atoms with Crippen LogP contribution in [0, 0.1) is 10.1 Å². The van der Waals surface area contributed by atoms with Crippen molar-refractivity contribution in [3.8, 4) is 0 Å². The second kappa shape index (κ2) is 9.94. The van der Waals surface area contributed by atoms with Crippen LogP contribution in [-0.2, 0) is 4.79 Å². The molecular formula is C18H18ClN3O4S. The van der Waals surface area contributed by atoms with Crippen molar-refractivity contribution in [3.05, 3.63) is 69.2 Å². The van der Waals surface area contributed by atoms with Crippen LogP contribution in [0.2, 0.25) is 5.02 Å². The van der Waals surface area contributed by atoms with Gasteiger partial charge in [-0.25, -0.2) is 0 Å². The summed E-state index contributed by atoms with van der Waals surface area (Å²) in [5, 5.41) is 16.3. The van der Waals surface area contributed by atoms with Crippen molar-refractivity contribution in [2.24, 2.45) is 0 Å². The zero-order valence-electron chi connectivity index (χ0n) is 14.5. The molecule has 0 radical (unpaired) electrons. The third-order valence-corrected chi connectivity index (χ3v) is 4.64. The van der Waals surface area contributed by atoms with Gasteiger partial charge >= 0.3 is 0 Å². The third-order valence-electron chi connectivity index (χ3n) is 3.68. The Balaban J connectivity index is 2.15. The number of rotatable bonds is 8. The summed E-state index contributed by atoms with van der Waals surface area (Å²) < 4.78 is 0. The van der Waals surface area contributed by atoms with Gasteiger partial charge in [0.1, 0.15) is 11.1 Å². The second-order valence-corrected chi connectivity index (χ2v) is 6.98. The molecule has 0 unspecified atom stereocenters. The van der Waals surface area contributed by atoms with Crippen LogP contribution in [0.4, 0.5) is 11.4 Å². The van der Waals surface area contributed by atoms with E-state index in [1.807, 2.05) is 12.3 Å². The van der Waals surface area contributed by atoms with Gasteiger partial charge in [0.25, 0.3) is 11.6 Å². The molecule has 0 bridgehead atoms. The van der Waals surface area contributed by atoms with Crippen LogP contribution in [0.3, 0.4) is 0 Å². The highest BCUT2D eigenvalue weighted by atomic mass is 35.5. The van der Waals surface area contributed by atoms with Crippen LogP contribution >= 0.6 is 23.4 Å².